The van der Waals surface area contributed by atoms with Crippen LogP contribution in [0.3, 0.4) is 0 Å². The van der Waals surface area contributed by atoms with E-state index in [1.807, 2.05) is 13.2 Å². The molecule has 5 nitrogen and oxygen atoms in total. The van der Waals surface area contributed by atoms with Crippen LogP contribution in [0.15, 0.2) is 0 Å². The fourth-order valence-electron chi connectivity index (χ4n) is 1.35. The van der Waals surface area contributed by atoms with Crippen LogP contribution in [0.4, 0.5) is 0 Å². The van der Waals surface area contributed by atoms with Crippen LogP contribution >= 0.6 is 11.8 Å². The molecule has 0 aromatic carbocycles. The first-order valence-electron chi connectivity index (χ1n) is 5.69. The number of carbonyl (C=O) groups excluding carboxylic acids is 2. The highest BCUT2D eigenvalue weighted by atomic mass is 32.2. The van der Waals surface area contributed by atoms with Crippen LogP contribution in [0.2, 0.25) is 0 Å². The predicted octanol–water partition coefficient (Wildman–Crippen LogP) is 0.525. The summed E-state index contributed by atoms with van der Waals surface area (Å²) in [5.41, 5.74) is 5.68. The lowest BCUT2D eigenvalue weighted by molar-refractivity contribution is -0.145. The van der Waals surface area contributed by atoms with E-state index < -0.39 is 18.1 Å². The zero-order valence-corrected chi connectivity index (χ0v) is 11.5. The third kappa shape index (κ3) is 6.53. The summed E-state index contributed by atoms with van der Waals surface area (Å²) in [4.78, 5) is 23.1. The molecule has 0 heterocycles. The van der Waals surface area contributed by atoms with Crippen molar-refractivity contribution in [3.05, 3.63) is 0 Å². The van der Waals surface area contributed by atoms with Gasteiger partial charge in [-0.15, -0.1) is 0 Å². The Morgan fingerprint density at radius 3 is 2.53 bits per heavy atom. The van der Waals surface area contributed by atoms with E-state index in [9.17, 15) is 9.59 Å². The van der Waals surface area contributed by atoms with Crippen molar-refractivity contribution in [1.29, 1.82) is 0 Å². The summed E-state index contributed by atoms with van der Waals surface area (Å²) in [6.07, 6.45) is 3.95. The molecule has 1 amide bonds. The number of methoxy groups -OCH3 is 1. The van der Waals surface area contributed by atoms with Crippen molar-refractivity contribution in [3.8, 4) is 0 Å². The maximum Gasteiger partial charge on any atom is 0.328 e. The number of nitrogens with two attached hydrogens (primary N) is 1. The maximum absolute atomic E-state index is 11.7. The van der Waals surface area contributed by atoms with Crippen molar-refractivity contribution in [2.45, 2.75) is 38.3 Å². The summed E-state index contributed by atoms with van der Waals surface area (Å²) in [6, 6.07) is -1.15. The summed E-state index contributed by atoms with van der Waals surface area (Å²) in [5.74, 6) is 0.0720. The van der Waals surface area contributed by atoms with Gasteiger partial charge in [-0.1, -0.05) is 13.3 Å². The molecule has 0 aliphatic rings. The van der Waals surface area contributed by atoms with Crippen LogP contribution in [0.5, 0.6) is 0 Å². The van der Waals surface area contributed by atoms with Gasteiger partial charge in [0.25, 0.3) is 0 Å². The number of carbonyl (C=O) groups is 2. The first kappa shape index (κ1) is 16.2. The minimum absolute atomic E-state index is 0.289. The second kappa shape index (κ2) is 9.30. The highest BCUT2D eigenvalue weighted by molar-refractivity contribution is 7.98. The van der Waals surface area contributed by atoms with Gasteiger partial charge in [-0.3, -0.25) is 4.79 Å². The SMILES string of the molecule is CCC[C@@H](N)C(=O)N[C@@H](CCSC)C(=O)OC. The lowest BCUT2D eigenvalue weighted by Crippen LogP contribution is -2.48. The van der Waals surface area contributed by atoms with Crippen LogP contribution in [-0.2, 0) is 14.3 Å². The minimum atomic E-state index is -0.595. The third-order valence-electron chi connectivity index (χ3n) is 2.35. The lowest BCUT2D eigenvalue weighted by Gasteiger charge is -2.18. The number of hydrogen-bond acceptors (Lipinski definition) is 5. The largest absolute Gasteiger partial charge is 0.467 e. The Hall–Kier alpha value is -0.750. The van der Waals surface area contributed by atoms with Crippen molar-refractivity contribution >= 4 is 23.6 Å². The van der Waals surface area contributed by atoms with Gasteiger partial charge in [0, 0.05) is 0 Å². The number of esters is 1. The normalized spacial score (nSPS) is 13.9. The summed E-state index contributed by atoms with van der Waals surface area (Å²) >= 11 is 1.61. The molecule has 0 rings (SSSR count). The van der Waals surface area contributed by atoms with Gasteiger partial charge in [0.2, 0.25) is 5.91 Å². The number of nitrogens with one attached hydrogen (secondary N) is 1. The zero-order valence-electron chi connectivity index (χ0n) is 10.7. The minimum Gasteiger partial charge on any atom is -0.467 e. The summed E-state index contributed by atoms with van der Waals surface area (Å²) in [6.45, 7) is 1.96. The van der Waals surface area contributed by atoms with Crippen molar-refractivity contribution < 1.29 is 14.3 Å². The van der Waals surface area contributed by atoms with Gasteiger partial charge in [0.1, 0.15) is 6.04 Å². The Kier molecular flexibility index (Phi) is 8.89. The Bertz CT molecular complexity index is 249. The summed E-state index contributed by atoms with van der Waals surface area (Å²) < 4.78 is 4.65. The zero-order chi connectivity index (χ0) is 13.3. The standard InChI is InChI=1S/C11H22N2O3S/c1-4-5-8(12)10(14)13-9(6-7-17-3)11(15)16-2/h8-9H,4-7,12H2,1-3H3,(H,13,14)/t8-,9+/m1/s1. The average Bonchev–Trinajstić information content (AvgIpc) is 2.33. The van der Waals surface area contributed by atoms with E-state index in [2.05, 4.69) is 10.1 Å². The van der Waals surface area contributed by atoms with Crippen molar-refractivity contribution in [1.82, 2.24) is 5.32 Å². The summed E-state index contributed by atoms with van der Waals surface area (Å²) in [7, 11) is 1.31. The predicted molar refractivity (Wildman–Crippen MR) is 69.8 cm³/mol. The quantitative estimate of drug-likeness (QED) is 0.623. The van der Waals surface area contributed by atoms with Gasteiger partial charge in [-0.2, -0.15) is 11.8 Å². The lowest BCUT2D eigenvalue weighted by atomic mass is 10.1. The fourth-order valence-corrected chi connectivity index (χ4v) is 1.82. The van der Waals surface area contributed by atoms with Gasteiger partial charge in [-0.25, -0.2) is 4.79 Å². The van der Waals surface area contributed by atoms with Gasteiger partial charge in [0.05, 0.1) is 13.2 Å². The van der Waals surface area contributed by atoms with Crippen molar-refractivity contribution in [2.24, 2.45) is 5.73 Å². The van der Waals surface area contributed by atoms with Gasteiger partial charge >= 0.3 is 5.97 Å². The molecule has 6 heteroatoms. The van der Waals surface area contributed by atoms with Crippen LogP contribution in [-0.4, -0.2) is 43.1 Å². The van der Waals surface area contributed by atoms with E-state index in [4.69, 9.17) is 5.73 Å². The maximum atomic E-state index is 11.7. The molecular weight excluding hydrogens is 240 g/mol. The highest BCUT2D eigenvalue weighted by Crippen LogP contribution is 2.03. The average molecular weight is 262 g/mol. The molecule has 100 valence electrons. The molecule has 0 saturated heterocycles. The second-order valence-electron chi connectivity index (χ2n) is 3.76. The Balaban J connectivity index is 4.31. The van der Waals surface area contributed by atoms with Crippen LogP contribution in [0.25, 0.3) is 0 Å². The molecule has 0 aliphatic heterocycles. The molecule has 2 atom stereocenters. The first-order chi connectivity index (χ1) is 8.06. The van der Waals surface area contributed by atoms with Crippen molar-refractivity contribution in [2.75, 3.05) is 19.1 Å². The van der Waals surface area contributed by atoms with Gasteiger partial charge in [-0.05, 0) is 24.9 Å². The third-order valence-corrected chi connectivity index (χ3v) is 2.99. The van der Waals surface area contributed by atoms with Gasteiger partial charge < -0.3 is 15.8 Å². The summed E-state index contributed by atoms with van der Waals surface area (Å²) in [5, 5.41) is 2.64. The van der Waals surface area contributed by atoms with E-state index in [0.29, 0.717) is 12.8 Å². The molecular formula is C11H22N2O3S. The smallest absolute Gasteiger partial charge is 0.328 e. The molecule has 0 aromatic rings. The molecule has 0 bridgehead atoms. The molecule has 0 radical (unpaired) electrons. The van der Waals surface area contributed by atoms with Crippen LogP contribution < -0.4 is 11.1 Å². The molecule has 0 aromatic heterocycles. The topological polar surface area (TPSA) is 81.4 Å². The Morgan fingerprint density at radius 1 is 1.41 bits per heavy atom. The molecule has 0 fully saturated rings. The number of hydrogen-bond donors (Lipinski definition) is 2. The van der Waals surface area contributed by atoms with E-state index in [1.54, 1.807) is 11.8 Å². The van der Waals surface area contributed by atoms with E-state index in [0.717, 1.165) is 12.2 Å². The number of thioether (sulfide) groups is 1. The van der Waals surface area contributed by atoms with E-state index in [-0.39, 0.29) is 5.91 Å². The van der Waals surface area contributed by atoms with Gasteiger partial charge in [0.15, 0.2) is 0 Å². The Labute approximate surface area is 107 Å². The van der Waals surface area contributed by atoms with Crippen molar-refractivity contribution in [3.63, 3.8) is 0 Å². The number of rotatable bonds is 8. The molecule has 3 N–H and O–H groups in total. The Morgan fingerprint density at radius 2 is 2.06 bits per heavy atom. The highest BCUT2D eigenvalue weighted by Gasteiger charge is 2.23. The molecule has 0 aliphatic carbocycles. The first-order valence-corrected chi connectivity index (χ1v) is 7.08. The fraction of sp³-hybridized carbons (Fsp3) is 0.818. The van der Waals surface area contributed by atoms with E-state index in [1.165, 1.54) is 7.11 Å². The molecule has 0 unspecified atom stereocenters. The van der Waals surface area contributed by atoms with Crippen LogP contribution in [0, 0.1) is 0 Å². The second-order valence-corrected chi connectivity index (χ2v) is 4.75. The van der Waals surface area contributed by atoms with E-state index >= 15 is 0 Å². The number of ether oxygens (including phenoxy) is 1. The van der Waals surface area contributed by atoms with Crippen LogP contribution in [0.1, 0.15) is 26.2 Å². The number of amides is 1. The molecule has 0 spiro atoms. The molecule has 17 heavy (non-hydrogen) atoms. The molecule has 0 saturated carbocycles. The monoisotopic (exact) mass is 262 g/mol.